The van der Waals surface area contributed by atoms with Gasteiger partial charge in [0.15, 0.2) is 0 Å². The van der Waals surface area contributed by atoms with Gasteiger partial charge in [-0.05, 0) is 18.4 Å². The number of hydrogen-bond acceptors (Lipinski definition) is 3. The topological polar surface area (TPSA) is 53.2 Å². The van der Waals surface area contributed by atoms with Crippen LogP contribution in [0.2, 0.25) is 0 Å². The van der Waals surface area contributed by atoms with E-state index in [1.807, 2.05) is 24.3 Å². The largest absolute Gasteiger partial charge is 0.493 e. The first kappa shape index (κ1) is 14.4. The van der Waals surface area contributed by atoms with Crippen LogP contribution in [0.15, 0.2) is 24.3 Å². The molecule has 0 spiro atoms. The smallest absolute Gasteiger partial charge is 0.124 e. The van der Waals surface area contributed by atoms with E-state index in [-0.39, 0.29) is 0 Å². The second-order valence-corrected chi connectivity index (χ2v) is 6.43. The van der Waals surface area contributed by atoms with E-state index in [0.29, 0.717) is 18.9 Å². The number of nitrogens with zero attached hydrogens (tertiary/aromatic N) is 1. The van der Waals surface area contributed by atoms with Gasteiger partial charge in [0.1, 0.15) is 11.2 Å². The van der Waals surface area contributed by atoms with E-state index in [0.717, 1.165) is 17.7 Å². The highest BCUT2D eigenvalue weighted by Gasteiger charge is 2.45. The maximum atomic E-state index is 10.8. The summed E-state index contributed by atoms with van der Waals surface area (Å²) in [6.07, 6.45) is 6.93. The molecule has 21 heavy (non-hydrogen) atoms. The fraction of sp³-hybridized carbons (Fsp3) is 0.611. The fourth-order valence-electron chi connectivity index (χ4n) is 3.89. The molecule has 1 saturated carbocycles. The van der Waals surface area contributed by atoms with Gasteiger partial charge in [-0.15, -0.1) is 0 Å². The van der Waals surface area contributed by atoms with Gasteiger partial charge in [-0.2, -0.15) is 5.26 Å². The van der Waals surface area contributed by atoms with Gasteiger partial charge in [0.25, 0.3) is 0 Å². The Balaban J connectivity index is 1.85. The first-order valence-corrected chi connectivity index (χ1v) is 8.08. The zero-order chi connectivity index (χ0) is 14.7. The molecule has 0 amide bonds. The standard InChI is InChI=1S/C18H23NO2/c19-13-18(17(20)12-14-6-2-1-3-7-14)10-11-21-16-9-5-4-8-15(16)18/h4-5,8-9,14,17,20H,1-3,6-7,10-12H2. The highest BCUT2D eigenvalue weighted by molar-refractivity contribution is 5.46. The van der Waals surface area contributed by atoms with Gasteiger partial charge in [0.2, 0.25) is 0 Å². The van der Waals surface area contributed by atoms with Crippen LogP contribution in [0, 0.1) is 17.2 Å². The molecule has 0 saturated heterocycles. The first-order valence-electron chi connectivity index (χ1n) is 8.08. The van der Waals surface area contributed by atoms with E-state index in [2.05, 4.69) is 6.07 Å². The second kappa shape index (κ2) is 6.07. The van der Waals surface area contributed by atoms with Gasteiger partial charge in [-0.25, -0.2) is 0 Å². The van der Waals surface area contributed by atoms with Crippen molar-refractivity contribution in [1.82, 2.24) is 0 Å². The predicted octanol–water partition coefficient (Wildman–Crippen LogP) is 3.56. The van der Waals surface area contributed by atoms with Crippen molar-refractivity contribution in [1.29, 1.82) is 5.26 Å². The predicted molar refractivity (Wildman–Crippen MR) is 81.0 cm³/mol. The number of rotatable bonds is 3. The molecule has 112 valence electrons. The Morgan fingerprint density at radius 1 is 1.29 bits per heavy atom. The minimum atomic E-state index is -0.799. The first-order chi connectivity index (χ1) is 10.3. The van der Waals surface area contributed by atoms with Gasteiger partial charge < -0.3 is 9.84 Å². The SMILES string of the molecule is N#CC1(C(O)CC2CCCCC2)CCOc2ccccc21. The van der Waals surface area contributed by atoms with E-state index >= 15 is 0 Å². The summed E-state index contributed by atoms with van der Waals surface area (Å²) in [4.78, 5) is 0. The number of fused-ring (bicyclic) bond motifs is 1. The van der Waals surface area contributed by atoms with Crippen LogP contribution in [0.25, 0.3) is 0 Å². The van der Waals surface area contributed by atoms with Gasteiger partial charge in [0.05, 0.1) is 18.8 Å². The number of para-hydroxylation sites is 1. The van der Waals surface area contributed by atoms with Crippen molar-refractivity contribution in [3.8, 4) is 11.8 Å². The summed E-state index contributed by atoms with van der Waals surface area (Å²) in [5.41, 5.74) is 0.0637. The van der Waals surface area contributed by atoms with E-state index in [1.165, 1.54) is 32.1 Å². The zero-order valence-corrected chi connectivity index (χ0v) is 12.4. The lowest BCUT2D eigenvalue weighted by molar-refractivity contribution is 0.0543. The van der Waals surface area contributed by atoms with Gasteiger partial charge in [-0.3, -0.25) is 0 Å². The minimum absolute atomic E-state index is 0.506. The number of ether oxygens (including phenoxy) is 1. The van der Waals surface area contributed by atoms with Crippen molar-refractivity contribution in [3.63, 3.8) is 0 Å². The van der Waals surface area contributed by atoms with Crippen molar-refractivity contribution in [2.45, 2.75) is 56.5 Å². The van der Waals surface area contributed by atoms with Gasteiger partial charge in [-0.1, -0.05) is 50.3 Å². The Morgan fingerprint density at radius 3 is 2.81 bits per heavy atom. The molecule has 1 N–H and O–H groups in total. The average molecular weight is 285 g/mol. The summed E-state index contributed by atoms with van der Waals surface area (Å²) in [5, 5.41) is 20.7. The summed E-state index contributed by atoms with van der Waals surface area (Å²) in [7, 11) is 0. The van der Waals surface area contributed by atoms with E-state index in [1.54, 1.807) is 0 Å². The lowest BCUT2D eigenvalue weighted by atomic mass is 9.69. The molecule has 2 atom stereocenters. The van der Waals surface area contributed by atoms with Gasteiger partial charge in [0, 0.05) is 12.0 Å². The maximum absolute atomic E-state index is 10.8. The summed E-state index contributed by atoms with van der Waals surface area (Å²) in [6, 6.07) is 10.1. The van der Waals surface area contributed by atoms with Crippen LogP contribution in [-0.2, 0) is 5.41 Å². The van der Waals surface area contributed by atoms with Crippen LogP contribution in [0.5, 0.6) is 5.75 Å². The molecule has 0 aromatic heterocycles. The third kappa shape index (κ3) is 2.65. The monoisotopic (exact) mass is 285 g/mol. The van der Waals surface area contributed by atoms with Crippen LogP contribution in [-0.4, -0.2) is 17.8 Å². The number of benzene rings is 1. The molecule has 3 nitrogen and oxygen atoms in total. The van der Waals surface area contributed by atoms with Gasteiger partial charge >= 0.3 is 0 Å². The summed E-state index contributed by atoms with van der Waals surface area (Å²) >= 11 is 0. The molecule has 3 heteroatoms. The van der Waals surface area contributed by atoms with Crippen LogP contribution in [0.4, 0.5) is 0 Å². The van der Waals surface area contributed by atoms with E-state index in [4.69, 9.17) is 4.74 Å². The highest BCUT2D eigenvalue weighted by Crippen LogP contribution is 2.43. The maximum Gasteiger partial charge on any atom is 0.124 e. The summed E-state index contributed by atoms with van der Waals surface area (Å²) < 4.78 is 5.66. The number of aliphatic hydroxyl groups excluding tert-OH is 1. The Hall–Kier alpha value is -1.53. The molecular weight excluding hydrogens is 262 g/mol. The van der Waals surface area contributed by atoms with Crippen LogP contribution < -0.4 is 4.74 Å². The normalized spacial score (nSPS) is 27.2. The Morgan fingerprint density at radius 2 is 2.05 bits per heavy atom. The van der Waals surface area contributed by atoms with Crippen molar-refractivity contribution >= 4 is 0 Å². The summed E-state index contributed by atoms with van der Waals surface area (Å²) in [6.45, 7) is 0.506. The molecule has 1 heterocycles. The van der Waals surface area contributed by atoms with E-state index in [9.17, 15) is 10.4 Å². The molecule has 0 radical (unpaired) electrons. The average Bonchev–Trinajstić information content (AvgIpc) is 2.55. The Bertz CT molecular complexity index is 530. The lowest BCUT2D eigenvalue weighted by Gasteiger charge is -2.38. The molecule has 2 unspecified atom stereocenters. The van der Waals surface area contributed by atoms with Crippen LogP contribution in [0.3, 0.4) is 0 Å². The molecular formula is C18H23NO2. The minimum Gasteiger partial charge on any atom is -0.493 e. The van der Waals surface area contributed by atoms with E-state index < -0.39 is 11.5 Å². The second-order valence-electron chi connectivity index (χ2n) is 6.43. The molecule has 0 bridgehead atoms. The highest BCUT2D eigenvalue weighted by atomic mass is 16.5. The lowest BCUT2D eigenvalue weighted by Crippen LogP contribution is -2.43. The Kier molecular flexibility index (Phi) is 4.17. The van der Waals surface area contributed by atoms with Crippen molar-refractivity contribution in [2.75, 3.05) is 6.61 Å². The molecule has 1 aromatic rings. The fourth-order valence-corrected chi connectivity index (χ4v) is 3.89. The van der Waals surface area contributed by atoms with Crippen molar-refractivity contribution < 1.29 is 9.84 Å². The van der Waals surface area contributed by atoms with Crippen molar-refractivity contribution in [2.24, 2.45) is 5.92 Å². The molecule has 1 fully saturated rings. The molecule has 1 aliphatic heterocycles. The zero-order valence-electron chi connectivity index (χ0n) is 12.4. The van der Waals surface area contributed by atoms with Crippen molar-refractivity contribution in [3.05, 3.63) is 29.8 Å². The number of hydrogen-bond donors (Lipinski definition) is 1. The number of aliphatic hydroxyl groups is 1. The van der Waals surface area contributed by atoms with Crippen LogP contribution >= 0.6 is 0 Å². The molecule has 3 rings (SSSR count). The molecule has 1 aliphatic carbocycles. The molecule has 1 aromatic carbocycles. The van der Waals surface area contributed by atoms with Crippen LogP contribution in [0.1, 0.15) is 50.5 Å². The summed E-state index contributed by atoms with van der Waals surface area (Å²) in [5.74, 6) is 1.32. The number of nitriles is 1. The third-order valence-electron chi connectivity index (χ3n) is 5.17. The molecule has 2 aliphatic rings. The third-order valence-corrected chi connectivity index (χ3v) is 5.17. The Labute approximate surface area is 126 Å². The quantitative estimate of drug-likeness (QED) is 0.923.